The molecule has 2 aromatic heterocycles. The molecule has 2 aromatic rings. The fourth-order valence-electron chi connectivity index (χ4n) is 1.35. The number of H-pyrrole nitrogens is 1. The molecular formula is C11H11N3O2S. The fourth-order valence-corrected chi connectivity index (χ4v) is 1.95. The molecule has 2 heterocycles. The van der Waals surface area contributed by atoms with Crippen molar-refractivity contribution in [2.45, 2.75) is 6.42 Å². The molecule has 0 unspecified atom stereocenters. The first kappa shape index (κ1) is 11.5. The number of pyridine rings is 1. The van der Waals surface area contributed by atoms with Crippen LogP contribution in [-0.4, -0.2) is 22.4 Å². The molecule has 6 heteroatoms. The number of nitrogens with zero attached hydrogens (tertiary/aromatic N) is 1. The van der Waals surface area contributed by atoms with Crippen LogP contribution < -0.4 is 10.9 Å². The Bertz CT molecular complexity index is 548. The van der Waals surface area contributed by atoms with E-state index in [1.165, 1.54) is 23.6 Å². The van der Waals surface area contributed by atoms with Crippen LogP contribution in [0.4, 0.5) is 0 Å². The van der Waals surface area contributed by atoms with E-state index in [1.54, 1.807) is 11.6 Å². The van der Waals surface area contributed by atoms with Crippen molar-refractivity contribution in [2.24, 2.45) is 0 Å². The summed E-state index contributed by atoms with van der Waals surface area (Å²) in [6.07, 6.45) is 2.15. The Morgan fingerprint density at radius 1 is 1.53 bits per heavy atom. The van der Waals surface area contributed by atoms with Crippen LogP contribution in [0.2, 0.25) is 0 Å². The number of hydrogen-bond donors (Lipinski definition) is 2. The van der Waals surface area contributed by atoms with Crippen molar-refractivity contribution in [3.05, 3.63) is 50.8 Å². The van der Waals surface area contributed by atoms with Crippen LogP contribution in [0.5, 0.6) is 0 Å². The van der Waals surface area contributed by atoms with Crippen molar-refractivity contribution in [1.82, 2.24) is 15.3 Å². The summed E-state index contributed by atoms with van der Waals surface area (Å²) in [6, 6.07) is 2.84. The summed E-state index contributed by atoms with van der Waals surface area (Å²) in [5.74, 6) is -0.244. The van der Waals surface area contributed by atoms with Crippen molar-refractivity contribution >= 4 is 17.2 Å². The summed E-state index contributed by atoms with van der Waals surface area (Å²) in [7, 11) is 0. The van der Waals surface area contributed by atoms with Gasteiger partial charge in [0.25, 0.3) is 5.91 Å². The van der Waals surface area contributed by atoms with E-state index in [-0.39, 0.29) is 11.5 Å². The number of hydrogen-bond acceptors (Lipinski definition) is 4. The van der Waals surface area contributed by atoms with Gasteiger partial charge < -0.3 is 10.3 Å². The van der Waals surface area contributed by atoms with E-state index in [0.717, 1.165) is 5.69 Å². The number of thiazole rings is 1. The molecule has 0 radical (unpaired) electrons. The standard InChI is InChI=1S/C11H11N3O2S/c15-10-5-8(1-3-12-10)11(16)13-4-2-9-6-17-7-14-9/h1,3,5-7H,2,4H2,(H,12,15)(H,13,16). The van der Waals surface area contributed by atoms with E-state index in [4.69, 9.17) is 0 Å². The minimum Gasteiger partial charge on any atom is -0.352 e. The molecule has 0 aliphatic carbocycles. The Morgan fingerprint density at radius 3 is 3.12 bits per heavy atom. The lowest BCUT2D eigenvalue weighted by atomic mass is 10.2. The monoisotopic (exact) mass is 249 g/mol. The molecule has 0 fully saturated rings. The van der Waals surface area contributed by atoms with Gasteiger partial charge in [0.1, 0.15) is 0 Å². The average Bonchev–Trinajstić information content (AvgIpc) is 2.82. The zero-order valence-electron chi connectivity index (χ0n) is 8.97. The van der Waals surface area contributed by atoms with Crippen molar-refractivity contribution in [3.8, 4) is 0 Å². The van der Waals surface area contributed by atoms with Gasteiger partial charge in [-0.1, -0.05) is 0 Å². The SMILES string of the molecule is O=C(NCCc1cscn1)c1cc[nH]c(=O)c1. The highest BCUT2D eigenvalue weighted by molar-refractivity contribution is 7.07. The minimum atomic E-state index is -0.280. The van der Waals surface area contributed by atoms with Crippen LogP contribution in [0.25, 0.3) is 0 Å². The Labute approximate surface area is 102 Å². The summed E-state index contributed by atoms with van der Waals surface area (Å²) in [6.45, 7) is 0.509. The molecule has 17 heavy (non-hydrogen) atoms. The number of nitrogens with one attached hydrogen (secondary N) is 2. The van der Waals surface area contributed by atoms with Gasteiger partial charge in [-0.3, -0.25) is 9.59 Å². The smallest absolute Gasteiger partial charge is 0.251 e. The molecule has 5 nitrogen and oxygen atoms in total. The lowest BCUT2D eigenvalue weighted by molar-refractivity contribution is 0.0954. The van der Waals surface area contributed by atoms with Crippen LogP contribution in [0.15, 0.2) is 34.0 Å². The van der Waals surface area contributed by atoms with Gasteiger partial charge in [0.15, 0.2) is 0 Å². The largest absolute Gasteiger partial charge is 0.352 e. The molecule has 0 spiro atoms. The zero-order valence-corrected chi connectivity index (χ0v) is 9.79. The van der Waals surface area contributed by atoms with Gasteiger partial charge >= 0.3 is 0 Å². The molecule has 88 valence electrons. The zero-order chi connectivity index (χ0) is 12.1. The van der Waals surface area contributed by atoms with Crippen molar-refractivity contribution in [1.29, 1.82) is 0 Å². The van der Waals surface area contributed by atoms with Gasteiger partial charge in [-0.2, -0.15) is 0 Å². The summed E-state index contributed by atoms with van der Waals surface area (Å²) < 4.78 is 0. The Kier molecular flexibility index (Phi) is 3.66. The summed E-state index contributed by atoms with van der Waals surface area (Å²) in [4.78, 5) is 29.2. The Morgan fingerprint density at radius 2 is 2.41 bits per heavy atom. The lowest BCUT2D eigenvalue weighted by Gasteiger charge is -2.03. The predicted molar refractivity (Wildman–Crippen MR) is 65.2 cm³/mol. The van der Waals surface area contributed by atoms with E-state index in [2.05, 4.69) is 15.3 Å². The fraction of sp³-hybridized carbons (Fsp3) is 0.182. The second-order valence-electron chi connectivity index (χ2n) is 3.43. The van der Waals surface area contributed by atoms with E-state index >= 15 is 0 Å². The number of amides is 1. The van der Waals surface area contributed by atoms with Crippen molar-refractivity contribution in [2.75, 3.05) is 6.54 Å². The molecule has 0 aromatic carbocycles. The van der Waals surface area contributed by atoms with E-state index in [9.17, 15) is 9.59 Å². The van der Waals surface area contributed by atoms with Gasteiger partial charge in [0.2, 0.25) is 5.56 Å². The Balaban J connectivity index is 1.87. The van der Waals surface area contributed by atoms with Gasteiger partial charge in [0, 0.05) is 36.2 Å². The summed E-state index contributed by atoms with van der Waals surface area (Å²) in [5, 5.41) is 4.68. The highest BCUT2D eigenvalue weighted by Gasteiger charge is 2.05. The molecular weight excluding hydrogens is 238 g/mol. The van der Waals surface area contributed by atoms with Gasteiger partial charge in [-0.15, -0.1) is 11.3 Å². The quantitative estimate of drug-likeness (QED) is 0.841. The van der Waals surface area contributed by atoms with Crippen LogP contribution in [0.3, 0.4) is 0 Å². The summed E-state index contributed by atoms with van der Waals surface area (Å²) >= 11 is 1.53. The van der Waals surface area contributed by atoms with E-state index in [0.29, 0.717) is 18.5 Å². The first-order chi connectivity index (χ1) is 8.25. The predicted octanol–water partition coefficient (Wildman–Crippen LogP) is 0.804. The molecule has 0 bridgehead atoms. The molecule has 0 atom stereocenters. The normalized spacial score (nSPS) is 10.1. The second kappa shape index (κ2) is 5.40. The molecule has 2 N–H and O–H groups in total. The molecule has 2 rings (SSSR count). The molecule has 1 amide bonds. The number of aromatic amines is 1. The number of carbonyl (C=O) groups excluding carboxylic acids is 1. The second-order valence-corrected chi connectivity index (χ2v) is 4.15. The van der Waals surface area contributed by atoms with Gasteiger partial charge in [0.05, 0.1) is 11.2 Å². The van der Waals surface area contributed by atoms with E-state index in [1.807, 2.05) is 5.38 Å². The lowest BCUT2D eigenvalue weighted by Crippen LogP contribution is -2.26. The van der Waals surface area contributed by atoms with Gasteiger partial charge in [-0.25, -0.2) is 4.98 Å². The van der Waals surface area contributed by atoms with Crippen LogP contribution >= 0.6 is 11.3 Å². The Hall–Kier alpha value is -1.95. The highest BCUT2D eigenvalue weighted by Crippen LogP contribution is 2.01. The maximum Gasteiger partial charge on any atom is 0.251 e. The third-order valence-corrected chi connectivity index (χ3v) is 2.82. The topological polar surface area (TPSA) is 74.8 Å². The molecule has 0 saturated carbocycles. The van der Waals surface area contributed by atoms with Crippen molar-refractivity contribution in [3.63, 3.8) is 0 Å². The first-order valence-electron chi connectivity index (χ1n) is 5.10. The van der Waals surface area contributed by atoms with Crippen LogP contribution in [0.1, 0.15) is 16.1 Å². The molecule has 0 aliphatic rings. The number of aromatic nitrogens is 2. The third-order valence-electron chi connectivity index (χ3n) is 2.19. The maximum atomic E-state index is 11.6. The highest BCUT2D eigenvalue weighted by atomic mass is 32.1. The summed E-state index contributed by atoms with van der Waals surface area (Å²) in [5.41, 5.74) is 2.80. The number of rotatable bonds is 4. The van der Waals surface area contributed by atoms with Crippen molar-refractivity contribution < 1.29 is 4.79 Å². The van der Waals surface area contributed by atoms with Crippen LogP contribution in [-0.2, 0) is 6.42 Å². The number of carbonyl (C=O) groups is 1. The van der Waals surface area contributed by atoms with Gasteiger partial charge in [-0.05, 0) is 6.07 Å². The first-order valence-corrected chi connectivity index (χ1v) is 6.04. The molecule has 0 aliphatic heterocycles. The average molecular weight is 249 g/mol. The third kappa shape index (κ3) is 3.25. The van der Waals surface area contributed by atoms with Crippen LogP contribution in [0, 0.1) is 0 Å². The minimum absolute atomic E-state index is 0.244. The van der Waals surface area contributed by atoms with E-state index < -0.39 is 0 Å². The molecule has 0 saturated heterocycles. The maximum absolute atomic E-state index is 11.6.